The van der Waals surface area contributed by atoms with Gasteiger partial charge in [0.1, 0.15) is 0 Å². The van der Waals surface area contributed by atoms with Crippen LogP contribution >= 0.6 is 0 Å². The SMILES string of the molecule is C[CH-][N+]12CCN(C)CCN(CC(=O)OC)CCN(CC(=O)O)C[C@]1(C)OC(=O)C2.[U+2]. The van der Waals surface area contributed by atoms with Crippen molar-refractivity contribution in [2.45, 2.75) is 19.6 Å². The molecule has 10 nitrogen and oxygen atoms in total. The molecule has 1 unspecified atom stereocenters. The van der Waals surface area contributed by atoms with Crippen LogP contribution in [0.1, 0.15) is 13.8 Å². The number of esters is 2. The molecule has 0 saturated carbocycles. The van der Waals surface area contributed by atoms with Gasteiger partial charge in [-0.3, -0.25) is 24.3 Å². The summed E-state index contributed by atoms with van der Waals surface area (Å²) in [6.45, 7) is 10.1. The third-order valence-corrected chi connectivity index (χ3v) is 6.05. The third kappa shape index (κ3) is 6.90. The molecule has 0 radical (unpaired) electrons. The average molecular weight is 653 g/mol. The summed E-state index contributed by atoms with van der Waals surface area (Å²) in [4.78, 5) is 41.4. The van der Waals surface area contributed by atoms with E-state index in [4.69, 9.17) is 9.47 Å². The van der Waals surface area contributed by atoms with Gasteiger partial charge in [-0.2, -0.15) is 0 Å². The molecule has 0 aromatic carbocycles. The average Bonchev–Trinajstić information content (AvgIpc) is 2.90. The van der Waals surface area contributed by atoms with Crippen LogP contribution < -0.4 is 0 Å². The predicted octanol–water partition coefficient (Wildman–Crippen LogP) is -0.935. The number of carboxylic acid groups (broad SMARTS) is 1. The summed E-state index contributed by atoms with van der Waals surface area (Å²) in [6, 6.07) is 0. The number of aliphatic carboxylic acids is 1. The van der Waals surface area contributed by atoms with Crippen LogP contribution in [0.4, 0.5) is 0 Å². The Bertz CT molecular complexity index is 624. The Balaban J connectivity index is 0.00000450. The summed E-state index contributed by atoms with van der Waals surface area (Å²) in [7, 11) is 3.37. The Labute approximate surface area is 202 Å². The van der Waals surface area contributed by atoms with E-state index in [1.807, 2.05) is 32.3 Å². The molecule has 2 atom stereocenters. The van der Waals surface area contributed by atoms with Crippen molar-refractivity contribution in [3.05, 3.63) is 6.54 Å². The Morgan fingerprint density at radius 3 is 2.43 bits per heavy atom. The number of hydrogen-bond acceptors (Lipinski definition) is 8. The summed E-state index contributed by atoms with van der Waals surface area (Å²) in [5, 5.41) is 9.38. The molecule has 0 spiro atoms. The number of quaternary nitrogens is 1. The van der Waals surface area contributed by atoms with E-state index in [-0.39, 0.29) is 62.7 Å². The first-order valence-corrected chi connectivity index (χ1v) is 9.94. The first-order chi connectivity index (χ1) is 13.6. The van der Waals surface area contributed by atoms with E-state index < -0.39 is 11.7 Å². The van der Waals surface area contributed by atoms with E-state index >= 15 is 0 Å². The van der Waals surface area contributed by atoms with E-state index in [1.165, 1.54) is 7.11 Å². The number of carbonyl (C=O) groups is 3. The molecular formula is C19H34N4O6U+2. The molecule has 0 aromatic rings. The number of hydrogen-bond donors (Lipinski definition) is 1. The van der Waals surface area contributed by atoms with E-state index in [0.29, 0.717) is 37.2 Å². The van der Waals surface area contributed by atoms with Gasteiger partial charge in [-0.25, -0.2) is 4.79 Å². The predicted molar refractivity (Wildman–Crippen MR) is 104 cm³/mol. The monoisotopic (exact) mass is 652 g/mol. The van der Waals surface area contributed by atoms with Crippen molar-refractivity contribution >= 4 is 17.9 Å². The first-order valence-electron chi connectivity index (χ1n) is 9.94. The third-order valence-electron chi connectivity index (χ3n) is 6.05. The summed E-state index contributed by atoms with van der Waals surface area (Å²) in [5.41, 5.74) is -0.867. The van der Waals surface area contributed by atoms with E-state index in [1.54, 1.807) is 4.90 Å². The van der Waals surface area contributed by atoms with E-state index in [0.717, 1.165) is 13.1 Å². The van der Waals surface area contributed by atoms with Crippen LogP contribution in [0.3, 0.4) is 0 Å². The quantitative estimate of drug-likeness (QED) is 0.230. The van der Waals surface area contributed by atoms with Crippen LogP contribution in [-0.4, -0.2) is 128 Å². The maximum absolute atomic E-state index is 12.3. The fourth-order valence-electron chi connectivity index (χ4n) is 4.14. The number of nitrogens with zero attached hydrogens (tertiary/aromatic N) is 4. The molecular weight excluding hydrogens is 618 g/mol. The van der Waals surface area contributed by atoms with E-state index in [2.05, 4.69) is 4.90 Å². The first kappa shape index (κ1) is 27.3. The number of methoxy groups -OCH3 is 1. The second-order valence-electron chi connectivity index (χ2n) is 8.08. The second-order valence-corrected chi connectivity index (χ2v) is 8.08. The maximum atomic E-state index is 12.3. The van der Waals surface area contributed by atoms with Gasteiger partial charge in [0.15, 0.2) is 6.54 Å². The van der Waals surface area contributed by atoms with Gasteiger partial charge in [-0.15, -0.1) is 13.5 Å². The fourth-order valence-corrected chi connectivity index (χ4v) is 4.14. The Morgan fingerprint density at radius 2 is 1.83 bits per heavy atom. The van der Waals surface area contributed by atoms with Crippen LogP contribution in [0, 0.1) is 37.7 Å². The Kier molecular flexibility index (Phi) is 10.7. The molecule has 11 heteroatoms. The van der Waals surface area contributed by atoms with Crippen molar-refractivity contribution in [3.8, 4) is 0 Å². The van der Waals surface area contributed by atoms with Crippen molar-refractivity contribution in [1.82, 2.24) is 14.7 Å². The number of rotatable bonds is 5. The summed E-state index contributed by atoms with van der Waals surface area (Å²) in [6.07, 6.45) is 0. The van der Waals surface area contributed by atoms with Crippen molar-refractivity contribution in [2.24, 2.45) is 0 Å². The minimum absolute atomic E-state index is 0. The topological polar surface area (TPSA) is 99.6 Å². The standard InChI is InChI=1S/C19H34N4O6.U/c1-5-23-11-10-20(3)6-7-21(13-17(26)28-4)8-9-22(12-16(24)25)15-19(23,2)29-18(27)14-23;/h5H,6-15H2,1-4H3,(H,24,25);/q;+2/t19-,23?;/m0./s1. The summed E-state index contributed by atoms with van der Waals surface area (Å²) in [5.74, 6) is -1.54. The number of likely N-dealkylation sites (N-methyl/N-ethyl adjacent to an activating group) is 1. The molecule has 1 N–H and O–H groups in total. The van der Waals surface area contributed by atoms with E-state index in [9.17, 15) is 19.5 Å². The van der Waals surface area contributed by atoms with Gasteiger partial charge in [0, 0.05) is 39.6 Å². The van der Waals surface area contributed by atoms with Gasteiger partial charge in [0.25, 0.3) is 0 Å². The van der Waals surface area contributed by atoms with Gasteiger partial charge >= 0.3 is 49.0 Å². The zero-order valence-corrected chi connectivity index (χ0v) is 22.6. The molecule has 2 fully saturated rings. The molecule has 0 amide bonds. The van der Waals surface area contributed by atoms with Crippen LogP contribution in [0.15, 0.2) is 0 Å². The number of carbonyl (C=O) groups excluding carboxylic acids is 2. The molecule has 2 rings (SSSR count). The normalized spacial score (nSPS) is 29.7. The van der Waals surface area contributed by atoms with Crippen molar-refractivity contribution in [3.63, 3.8) is 0 Å². The number of ether oxygens (including phenoxy) is 2. The zero-order valence-electron chi connectivity index (χ0n) is 18.4. The van der Waals surface area contributed by atoms with Gasteiger partial charge in [-0.1, -0.05) is 0 Å². The van der Waals surface area contributed by atoms with Crippen molar-refractivity contribution in [1.29, 1.82) is 0 Å². The van der Waals surface area contributed by atoms with Crippen molar-refractivity contribution in [2.75, 3.05) is 79.6 Å². The number of fused-ring (bicyclic) bond motifs is 1. The summed E-state index contributed by atoms with van der Waals surface area (Å²) < 4.78 is 10.9. The van der Waals surface area contributed by atoms with Crippen LogP contribution in [0.25, 0.3) is 0 Å². The molecule has 2 saturated heterocycles. The molecule has 2 heterocycles. The maximum Gasteiger partial charge on any atom is 2.00 e. The molecule has 168 valence electrons. The van der Waals surface area contributed by atoms with Gasteiger partial charge in [0.05, 0.1) is 33.3 Å². The van der Waals surface area contributed by atoms with Gasteiger partial charge in [0.2, 0.25) is 5.72 Å². The zero-order chi connectivity index (χ0) is 21.7. The second kappa shape index (κ2) is 11.8. The molecule has 0 aliphatic carbocycles. The Hall–Kier alpha value is -0.698. The van der Waals surface area contributed by atoms with Crippen LogP contribution in [0.2, 0.25) is 0 Å². The smallest absolute Gasteiger partial charge is 0.480 e. The minimum Gasteiger partial charge on any atom is -0.480 e. The number of carboxylic acids is 1. The van der Waals surface area contributed by atoms with Crippen molar-refractivity contribution < 1.29 is 64.6 Å². The van der Waals surface area contributed by atoms with Crippen LogP contribution in [0.5, 0.6) is 0 Å². The molecule has 0 bridgehead atoms. The summed E-state index contributed by atoms with van der Waals surface area (Å²) >= 11 is 0. The fraction of sp³-hybridized carbons (Fsp3) is 0.789. The molecule has 2 aliphatic rings. The molecule has 0 aromatic heterocycles. The van der Waals surface area contributed by atoms with Crippen LogP contribution in [-0.2, 0) is 23.9 Å². The molecule has 2 aliphatic heterocycles. The minimum atomic E-state index is -0.942. The van der Waals surface area contributed by atoms with Gasteiger partial charge < -0.3 is 19.1 Å². The largest absolute Gasteiger partial charge is 2.00 e. The van der Waals surface area contributed by atoms with Gasteiger partial charge in [-0.05, 0) is 7.05 Å². The Morgan fingerprint density at radius 1 is 1.20 bits per heavy atom. The molecule has 30 heavy (non-hydrogen) atoms.